The van der Waals surface area contributed by atoms with Crippen LogP contribution in [0.1, 0.15) is 33.2 Å². The zero-order chi connectivity index (χ0) is 19.3. The summed E-state index contributed by atoms with van der Waals surface area (Å²) in [6.45, 7) is 2.31. The van der Waals surface area contributed by atoms with Crippen LogP contribution >= 0.6 is 22.7 Å². The summed E-state index contributed by atoms with van der Waals surface area (Å²) in [5.74, 6) is 0.956. The molecule has 28 heavy (non-hydrogen) atoms. The van der Waals surface area contributed by atoms with Crippen LogP contribution in [0.3, 0.4) is 0 Å². The van der Waals surface area contributed by atoms with Gasteiger partial charge in [-0.25, -0.2) is 0 Å². The average molecular weight is 415 g/mol. The minimum atomic E-state index is -0.0534. The van der Waals surface area contributed by atoms with E-state index in [1.54, 1.807) is 17.6 Å². The fourth-order valence-electron chi connectivity index (χ4n) is 3.54. The molecule has 0 aliphatic carbocycles. The Bertz CT molecular complexity index is 844. The van der Waals surface area contributed by atoms with Crippen molar-refractivity contribution in [3.63, 3.8) is 0 Å². The van der Waals surface area contributed by atoms with E-state index in [-0.39, 0.29) is 17.7 Å². The van der Waals surface area contributed by atoms with Crippen LogP contribution in [0.15, 0.2) is 57.8 Å². The van der Waals surface area contributed by atoms with Crippen LogP contribution in [0.4, 0.5) is 0 Å². The number of furan rings is 1. The number of hydrogen-bond donors (Lipinski definition) is 0. The Morgan fingerprint density at radius 2 is 1.82 bits per heavy atom. The first-order chi connectivity index (χ1) is 13.7. The van der Waals surface area contributed by atoms with Crippen molar-refractivity contribution in [2.75, 3.05) is 13.1 Å². The molecule has 0 N–H and O–H groups in total. The standard InChI is InChI=1S/C21H22N2O3S2/c24-20(16-7-9-22(10-8-16)21(25)19-6-3-13-28-19)23(14-17-4-1-11-26-17)15-18-5-2-12-27-18/h1-6,11-13,16H,7-10,14-15H2. The van der Waals surface area contributed by atoms with Crippen molar-refractivity contribution in [3.05, 3.63) is 68.9 Å². The Kier molecular flexibility index (Phi) is 5.92. The molecule has 0 saturated carbocycles. The molecule has 1 saturated heterocycles. The summed E-state index contributed by atoms with van der Waals surface area (Å²) in [4.78, 5) is 31.4. The fraction of sp³-hybridized carbons (Fsp3) is 0.333. The van der Waals surface area contributed by atoms with E-state index < -0.39 is 0 Å². The SMILES string of the molecule is O=C(c1cccs1)N1CCC(C(=O)N(Cc2ccco2)Cc2cccs2)CC1. The largest absolute Gasteiger partial charge is 0.467 e. The lowest BCUT2D eigenvalue weighted by molar-refractivity contribution is -0.138. The number of likely N-dealkylation sites (tertiary alicyclic amines) is 1. The number of nitrogens with zero attached hydrogens (tertiary/aromatic N) is 2. The third-order valence-electron chi connectivity index (χ3n) is 5.03. The Labute approximate surface area is 172 Å². The molecule has 1 fully saturated rings. The lowest BCUT2D eigenvalue weighted by atomic mass is 9.95. The summed E-state index contributed by atoms with van der Waals surface area (Å²) < 4.78 is 5.47. The minimum absolute atomic E-state index is 0.0534. The van der Waals surface area contributed by atoms with Gasteiger partial charge in [-0.05, 0) is 47.9 Å². The summed E-state index contributed by atoms with van der Waals surface area (Å²) in [6, 6.07) is 11.6. The summed E-state index contributed by atoms with van der Waals surface area (Å²) in [5, 5.41) is 3.94. The topological polar surface area (TPSA) is 53.8 Å². The molecule has 3 aromatic heterocycles. The maximum Gasteiger partial charge on any atom is 0.263 e. The number of thiophene rings is 2. The molecule has 0 radical (unpaired) electrons. The second-order valence-electron chi connectivity index (χ2n) is 6.90. The van der Waals surface area contributed by atoms with Crippen LogP contribution < -0.4 is 0 Å². The summed E-state index contributed by atoms with van der Waals surface area (Å²) >= 11 is 3.12. The first-order valence-electron chi connectivity index (χ1n) is 9.37. The maximum absolute atomic E-state index is 13.2. The first-order valence-corrected chi connectivity index (χ1v) is 11.1. The number of carbonyl (C=O) groups is 2. The summed E-state index contributed by atoms with van der Waals surface area (Å²) in [7, 11) is 0. The predicted octanol–water partition coefficient (Wildman–Crippen LogP) is 4.48. The molecule has 0 bridgehead atoms. The highest BCUT2D eigenvalue weighted by Crippen LogP contribution is 2.25. The van der Waals surface area contributed by atoms with E-state index in [4.69, 9.17) is 4.42 Å². The van der Waals surface area contributed by atoms with Crippen molar-refractivity contribution in [1.29, 1.82) is 0 Å². The van der Waals surface area contributed by atoms with Crippen LogP contribution in [0.2, 0.25) is 0 Å². The molecule has 5 nitrogen and oxygen atoms in total. The van der Waals surface area contributed by atoms with Gasteiger partial charge in [-0.15, -0.1) is 22.7 Å². The molecule has 146 valence electrons. The zero-order valence-corrected chi connectivity index (χ0v) is 17.1. The van der Waals surface area contributed by atoms with E-state index in [1.165, 1.54) is 11.3 Å². The molecule has 0 atom stereocenters. The molecule has 1 aliphatic heterocycles. The van der Waals surface area contributed by atoms with Crippen molar-refractivity contribution in [2.45, 2.75) is 25.9 Å². The number of piperidine rings is 1. The minimum Gasteiger partial charge on any atom is -0.467 e. The highest BCUT2D eigenvalue weighted by Gasteiger charge is 2.31. The number of amides is 2. The Balaban J connectivity index is 1.40. The Morgan fingerprint density at radius 1 is 1.04 bits per heavy atom. The lowest BCUT2D eigenvalue weighted by Crippen LogP contribution is -2.43. The highest BCUT2D eigenvalue weighted by molar-refractivity contribution is 7.12. The number of rotatable bonds is 6. The van der Waals surface area contributed by atoms with E-state index in [9.17, 15) is 9.59 Å². The molecular weight excluding hydrogens is 392 g/mol. The third-order valence-corrected chi connectivity index (χ3v) is 6.75. The smallest absolute Gasteiger partial charge is 0.263 e. The van der Waals surface area contributed by atoms with Gasteiger partial charge in [-0.3, -0.25) is 9.59 Å². The molecule has 1 aliphatic rings. The Morgan fingerprint density at radius 3 is 2.46 bits per heavy atom. The molecule has 4 rings (SSSR count). The van der Waals surface area contributed by atoms with Crippen molar-refractivity contribution >= 4 is 34.5 Å². The molecule has 0 aromatic carbocycles. The van der Waals surface area contributed by atoms with Crippen molar-refractivity contribution in [1.82, 2.24) is 9.80 Å². The van der Waals surface area contributed by atoms with Crippen LogP contribution in [0, 0.1) is 5.92 Å². The highest BCUT2D eigenvalue weighted by atomic mass is 32.1. The molecule has 4 heterocycles. The van der Waals surface area contributed by atoms with E-state index in [0.29, 0.717) is 39.0 Å². The molecule has 7 heteroatoms. The van der Waals surface area contributed by atoms with E-state index >= 15 is 0 Å². The Hall–Kier alpha value is -2.38. The van der Waals surface area contributed by atoms with Gasteiger partial charge in [0.05, 0.1) is 24.2 Å². The van der Waals surface area contributed by atoms with Crippen molar-refractivity contribution in [2.24, 2.45) is 5.92 Å². The third kappa shape index (κ3) is 4.36. The van der Waals surface area contributed by atoms with Gasteiger partial charge in [0, 0.05) is 23.9 Å². The van der Waals surface area contributed by atoms with Crippen LogP contribution in [-0.2, 0) is 17.9 Å². The lowest BCUT2D eigenvalue weighted by Gasteiger charge is -2.34. The molecule has 3 aromatic rings. The normalized spacial score (nSPS) is 14.9. The van der Waals surface area contributed by atoms with E-state index in [0.717, 1.165) is 15.5 Å². The monoisotopic (exact) mass is 414 g/mol. The zero-order valence-electron chi connectivity index (χ0n) is 15.5. The van der Waals surface area contributed by atoms with Gasteiger partial charge in [0.25, 0.3) is 5.91 Å². The van der Waals surface area contributed by atoms with Gasteiger partial charge in [0.1, 0.15) is 5.76 Å². The molecular formula is C21H22N2O3S2. The van der Waals surface area contributed by atoms with Gasteiger partial charge in [-0.1, -0.05) is 12.1 Å². The van der Waals surface area contributed by atoms with Gasteiger partial charge in [-0.2, -0.15) is 0 Å². The molecule has 0 spiro atoms. The second-order valence-corrected chi connectivity index (χ2v) is 8.88. The van der Waals surface area contributed by atoms with Crippen molar-refractivity contribution in [3.8, 4) is 0 Å². The van der Waals surface area contributed by atoms with Gasteiger partial charge >= 0.3 is 0 Å². The van der Waals surface area contributed by atoms with E-state index in [1.807, 2.05) is 50.9 Å². The molecule has 2 amide bonds. The van der Waals surface area contributed by atoms with Crippen LogP contribution in [0.5, 0.6) is 0 Å². The number of hydrogen-bond acceptors (Lipinski definition) is 5. The van der Waals surface area contributed by atoms with Crippen molar-refractivity contribution < 1.29 is 14.0 Å². The second kappa shape index (κ2) is 8.75. The maximum atomic E-state index is 13.2. The number of carbonyl (C=O) groups excluding carboxylic acids is 2. The van der Waals surface area contributed by atoms with Crippen LogP contribution in [-0.4, -0.2) is 34.7 Å². The van der Waals surface area contributed by atoms with E-state index in [2.05, 4.69) is 6.07 Å². The van der Waals surface area contributed by atoms with Gasteiger partial charge in [0.15, 0.2) is 0 Å². The first kappa shape index (κ1) is 19.0. The summed E-state index contributed by atoms with van der Waals surface area (Å²) in [6.07, 6.45) is 3.04. The summed E-state index contributed by atoms with van der Waals surface area (Å²) in [5.41, 5.74) is 0. The predicted molar refractivity (Wildman–Crippen MR) is 110 cm³/mol. The van der Waals surface area contributed by atoms with Gasteiger partial charge < -0.3 is 14.2 Å². The quantitative estimate of drug-likeness (QED) is 0.597. The molecule has 0 unspecified atom stereocenters. The average Bonchev–Trinajstić information content (AvgIpc) is 3.50. The fourth-order valence-corrected chi connectivity index (χ4v) is 4.95. The van der Waals surface area contributed by atoms with Crippen LogP contribution in [0.25, 0.3) is 0 Å². The van der Waals surface area contributed by atoms with Gasteiger partial charge in [0.2, 0.25) is 5.91 Å².